The molecule has 1 aliphatic heterocycles. The molecule has 1 fully saturated rings. The maximum atomic E-state index is 12.5. The summed E-state index contributed by atoms with van der Waals surface area (Å²) in [6.45, 7) is 2.51. The standard InChI is InChI=1S/C22H27N3O5S/c1-29-19-7-3-17(4-8-19)23-21(26)15-31(28)16-22(27)25-13-11-24(12-14-25)18-5-9-20(30-2)10-6-18/h3-10H,11-16H2,1-2H3,(H,23,26). The van der Waals surface area contributed by atoms with Gasteiger partial charge in [-0.2, -0.15) is 0 Å². The van der Waals surface area contributed by atoms with Crippen LogP contribution in [0.25, 0.3) is 0 Å². The van der Waals surface area contributed by atoms with Crippen molar-refractivity contribution in [3.63, 3.8) is 0 Å². The first kappa shape index (κ1) is 22.6. The maximum Gasteiger partial charge on any atom is 0.237 e. The van der Waals surface area contributed by atoms with E-state index in [-0.39, 0.29) is 23.3 Å². The van der Waals surface area contributed by atoms with Crippen molar-refractivity contribution in [1.29, 1.82) is 0 Å². The number of nitrogens with one attached hydrogen (secondary N) is 1. The van der Waals surface area contributed by atoms with Crippen molar-refractivity contribution >= 4 is 34.0 Å². The lowest BCUT2D eigenvalue weighted by molar-refractivity contribution is -0.128. The molecule has 166 valence electrons. The summed E-state index contributed by atoms with van der Waals surface area (Å²) in [5.74, 6) is 0.531. The third kappa shape index (κ3) is 6.45. The number of anilines is 2. The molecular weight excluding hydrogens is 418 g/mol. The van der Waals surface area contributed by atoms with Gasteiger partial charge in [0, 0.05) is 48.4 Å². The SMILES string of the molecule is COc1ccc(NC(=O)CS(=O)CC(=O)N2CCN(c3ccc(OC)cc3)CC2)cc1. The predicted octanol–water partition coefficient (Wildman–Crippen LogP) is 1.74. The summed E-state index contributed by atoms with van der Waals surface area (Å²) in [6, 6.07) is 14.7. The molecule has 0 spiro atoms. The molecular formula is C22H27N3O5S. The first-order chi connectivity index (χ1) is 15.0. The minimum absolute atomic E-state index is 0.154. The highest BCUT2D eigenvalue weighted by Gasteiger charge is 2.23. The molecule has 8 nitrogen and oxygen atoms in total. The van der Waals surface area contributed by atoms with Gasteiger partial charge >= 0.3 is 0 Å². The Bertz CT molecular complexity index is 910. The van der Waals surface area contributed by atoms with E-state index in [4.69, 9.17) is 9.47 Å². The number of hydrogen-bond donors (Lipinski definition) is 1. The number of piperazine rings is 1. The monoisotopic (exact) mass is 445 g/mol. The van der Waals surface area contributed by atoms with Gasteiger partial charge in [-0.05, 0) is 48.5 Å². The zero-order valence-electron chi connectivity index (χ0n) is 17.7. The van der Waals surface area contributed by atoms with E-state index in [1.165, 1.54) is 0 Å². The second-order valence-corrected chi connectivity index (χ2v) is 8.53. The third-order valence-corrected chi connectivity index (χ3v) is 6.17. The van der Waals surface area contributed by atoms with Gasteiger partial charge in [-0.15, -0.1) is 0 Å². The van der Waals surface area contributed by atoms with E-state index in [1.807, 2.05) is 24.3 Å². The van der Waals surface area contributed by atoms with Crippen molar-refractivity contribution in [2.45, 2.75) is 0 Å². The molecule has 3 rings (SSSR count). The molecule has 1 N–H and O–H groups in total. The van der Waals surface area contributed by atoms with E-state index < -0.39 is 10.8 Å². The minimum Gasteiger partial charge on any atom is -0.497 e. The fraction of sp³-hybridized carbons (Fsp3) is 0.364. The Kier molecular flexibility index (Phi) is 7.88. The number of methoxy groups -OCH3 is 2. The van der Waals surface area contributed by atoms with Crippen molar-refractivity contribution < 1.29 is 23.3 Å². The Hall–Kier alpha value is -3.07. The molecule has 1 saturated heterocycles. The van der Waals surface area contributed by atoms with Crippen LogP contribution >= 0.6 is 0 Å². The van der Waals surface area contributed by atoms with Gasteiger partial charge in [0.05, 0.1) is 14.2 Å². The number of rotatable bonds is 8. The Morgan fingerprint density at radius 1 is 0.871 bits per heavy atom. The van der Waals surface area contributed by atoms with Crippen LogP contribution in [0.3, 0.4) is 0 Å². The van der Waals surface area contributed by atoms with Crippen LogP contribution in [0.15, 0.2) is 48.5 Å². The van der Waals surface area contributed by atoms with Crippen LogP contribution in [0.4, 0.5) is 11.4 Å². The normalized spacial score (nSPS) is 14.6. The topological polar surface area (TPSA) is 88.2 Å². The van der Waals surface area contributed by atoms with E-state index in [2.05, 4.69) is 10.2 Å². The van der Waals surface area contributed by atoms with E-state index in [1.54, 1.807) is 43.4 Å². The molecule has 1 atom stereocenters. The summed E-state index contributed by atoms with van der Waals surface area (Å²) < 4.78 is 22.6. The van der Waals surface area contributed by atoms with E-state index in [0.717, 1.165) is 11.4 Å². The molecule has 2 aromatic carbocycles. The number of nitrogens with zero attached hydrogens (tertiary/aromatic N) is 2. The summed E-state index contributed by atoms with van der Waals surface area (Å²) in [5.41, 5.74) is 1.66. The highest BCUT2D eigenvalue weighted by molar-refractivity contribution is 7.86. The van der Waals surface area contributed by atoms with Gasteiger partial charge in [-0.1, -0.05) is 0 Å². The lowest BCUT2D eigenvalue weighted by atomic mass is 10.2. The van der Waals surface area contributed by atoms with Crippen LogP contribution in [0.5, 0.6) is 11.5 Å². The summed E-state index contributed by atoms with van der Waals surface area (Å²) in [4.78, 5) is 28.5. The lowest BCUT2D eigenvalue weighted by Gasteiger charge is -2.36. The molecule has 0 saturated carbocycles. The summed E-state index contributed by atoms with van der Waals surface area (Å²) in [6.07, 6.45) is 0. The van der Waals surface area contributed by atoms with Crippen molar-refractivity contribution in [3.8, 4) is 11.5 Å². The van der Waals surface area contributed by atoms with Crippen LogP contribution in [-0.2, 0) is 20.4 Å². The number of amides is 2. The first-order valence-corrected chi connectivity index (χ1v) is 11.4. The van der Waals surface area contributed by atoms with E-state index in [9.17, 15) is 13.8 Å². The van der Waals surface area contributed by atoms with Gasteiger partial charge in [0.1, 0.15) is 23.0 Å². The molecule has 1 heterocycles. The molecule has 2 amide bonds. The van der Waals surface area contributed by atoms with Gasteiger partial charge in [0.2, 0.25) is 11.8 Å². The van der Waals surface area contributed by atoms with Crippen molar-refractivity contribution in [2.24, 2.45) is 0 Å². The van der Waals surface area contributed by atoms with Crippen LogP contribution in [0, 0.1) is 0 Å². The van der Waals surface area contributed by atoms with Gasteiger partial charge in [0.25, 0.3) is 0 Å². The Labute approximate surface area is 184 Å². The van der Waals surface area contributed by atoms with Crippen LogP contribution in [0.1, 0.15) is 0 Å². The smallest absolute Gasteiger partial charge is 0.237 e. The molecule has 0 radical (unpaired) electrons. The zero-order valence-corrected chi connectivity index (χ0v) is 18.5. The van der Waals surface area contributed by atoms with Gasteiger partial charge in [-0.3, -0.25) is 13.8 Å². The summed E-state index contributed by atoms with van der Waals surface area (Å²) >= 11 is 0. The zero-order chi connectivity index (χ0) is 22.2. The van der Waals surface area contributed by atoms with Crippen LogP contribution in [0.2, 0.25) is 0 Å². The van der Waals surface area contributed by atoms with Crippen LogP contribution in [-0.4, -0.2) is 72.8 Å². The maximum absolute atomic E-state index is 12.5. The largest absolute Gasteiger partial charge is 0.497 e. The van der Waals surface area contributed by atoms with Gasteiger partial charge in [-0.25, -0.2) is 0 Å². The number of carbonyl (C=O) groups excluding carboxylic acids is 2. The van der Waals surface area contributed by atoms with Crippen molar-refractivity contribution in [2.75, 3.05) is 62.1 Å². The van der Waals surface area contributed by atoms with Gasteiger partial charge < -0.3 is 24.6 Å². The number of benzene rings is 2. The summed E-state index contributed by atoms with van der Waals surface area (Å²) in [5, 5.41) is 2.68. The molecule has 0 aromatic heterocycles. The quantitative estimate of drug-likeness (QED) is 0.666. The lowest BCUT2D eigenvalue weighted by Crippen LogP contribution is -2.50. The number of hydrogen-bond acceptors (Lipinski definition) is 6. The van der Waals surface area contributed by atoms with Crippen LogP contribution < -0.4 is 19.7 Å². The molecule has 9 heteroatoms. The average molecular weight is 446 g/mol. The number of ether oxygens (including phenoxy) is 2. The Morgan fingerprint density at radius 2 is 1.42 bits per heavy atom. The fourth-order valence-electron chi connectivity index (χ4n) is 3.30. The number of carbonyl (C=O) groups is 2. The molecule has 2 aromatic rings. The second kappa shape index (κ2) is 10.8. The molecule has 31 heavy (non-hydrogen) atoms. The molecule has 1 unspecified atom stereocenters. The van der Waals surface area contributed by atoms with Gasteiger partial charge in [0.15, 0.2) is 0 Å². The fourth-order valence-corrected chi connectivity index (χ4v) is 4.23. The highest BCUT2D eigenvalue weighted by Crippen LogP contribution is 2.20. The average Bonchev–Trinajstić information content (AvgIpc) is 2.79. The highest BCUT2D eigenvalue weighted by atomic mass is 32.2. The minimum atomic E-state index is -1.57. The molecule has 0 aliphatic carbocycles. The van der Waals surface area contributed by atoms with E-state index >= 15 is 0 Å². The Morgan fingerprint density at radius 3 is 1.97 bits per heavy atom. The Balaban J connectivity index is 1.42. The molecule has 1 aliphatic rings. The first-order valence-electron chi connectivity index (χ1n) is 9.94. The second-order valence-electron chi connectivity index (χ2n) is 7.07. The summed E-state index contributed by atoms with van der Waals surface area (Å²) in [7, 11) is 1.63. The third-order valence-electron chi connectivity index (χ3n) is 5.02. The van der Waals surface area contributed by atoms with E-state index in [0.29, 0.717) is 37.6 Å². The van der Waals surface area contributed by atoms with Crippen molar-refractivity contribution in [3.05, 3.63) is 48.5 Å². The van der Waals surface area contributed by atoms with Crippen molar-refractivity contribution in [1.82, 2.24) is 4.90 Å². The predicted molar refractivity (Wildman–Crippen MR) is 121 cm³/mol. The molecule has 0 bridgehead atoms.